The molecule has 152 valence electrons. The minimum Gasteiger partial charge on any atom is -0.497 e. The number of thiophene rings is 1. The third kappa shape index (κ3) is 6.07. The highest BCUT2D eigenvalue weighted by molar-refractivity contribution is 7.14. The molecule has 2 rings (SSSR count). The van der Waals surface area contributed by atoms with Crippen LogP contribution in [0.5, 0.6) is 5.75 Å². The first-order chi connectivity index (χ1) is 13.5. The number of carbonyl (C=O) groups is 2. The number of hydrogen-bond acceptors (Lipinski definition) is 5. The fourth-order valence-electron chi connectivity index (χ4n) is 3.05. The maximum absolute atomic E-state index is 12.6. The number of carbonyl (C=O) groups excluding carboxylic acids is 2. The minimum absolute atomic E-state index is 0.0628. The number of rotatable bonds is 10. The molecule has 1 aromatic carbocycles. The molecule has 1 atom stereocenters. The van der Waals surface area contributed by atoms with Gasteiger partial charge in [-0.05, 0) is 42.9 Å². The normalized spacial score (nSPS) is 11.9. The number of ether oxygens (including phenoxy) is 1. The highest BCUT2D eigenvalue weighted by Crippen LogP contribution is 2.24. The molecule has 0 bridgehead atoms. The second kappa shape index (κ2) is 10.8. The molecule has 28 heavy (non-hydrogen) atoms. The van der Waals surface area contributed by atoms with E-state index in [1.54, 1.807) is 13.2 Å². The second-order valence-corrected chi connectivity index (χ2v) is 7.57. The summed E-state index contributed by atoms with van der Waals surface area (Å²) in [6, 6.07) is 11.7. The van der Waals surface area contributed by atoms with E-state index in [-0.39, 0.29) is 17.9 Å². The van der Waals surface area contributed by atoms with E-state index in [9.17, 15) is 9.59 Å². The van der Waals surface area contributed by atoms with E-state index >= 15 is 0 Å². The van der Waals surface area contributed by atoms with Crippen LogP contribution in [0.3, 0.4) is 0 Å². The van der Waals surface area contributed by atoms with Crippen LogP contribution in [0.2, 0.25) is 0 Å². The first kappa shape index (κ1) is 21.9. The summed E-state index contributed by atoms with van der Waals surface area (Å²) >= 11 is 1.40. The molecule has 0 saturated heterocycles. The van der Waals surface area contributed by atoms with Crippen LogP contribution >= 0.6 is 11.3 Å². The molecule has 2 aromatic rings. The van der Waals surface area contributed by atoms with Crippen LogP contribution in [0.4, 0.5) is 0 Å². The van der Waals surface area contributed by atoms with E-state index in [1.165, 1.54) is 18.3 Å². The number of amides is 2. The minimum atomic E-state index is -0.0980. The lowest BCUT2D eigenvalue weighted by Crippen LogP contribution is -2.37. The Balaban J connectivity index is 2.07. The van der Waals surface area contributed by atoms with Crippen LogP contribution in [0, 0.1) is 0 Å². The van der Waals surface area contributed by atoms with Gasteiger partial charge in [0.25, 0.3) is 5.91 Å². The molecular formula is C21H29N3O3S. The highest BCUT2D eigenvalue weighted by atomic mass is 32.1. The first-order valence-corrected chi connectivity index (χ1v) is 10.3. The average molecular weight is 404 g/mol. The molecule has 0 fully saturated rings. The van der Waals surface area contributed by atoms with Crippen LogP contribution < -0.4 is 15.4 Å². The van der Waals surface area contributed by atoms with E-state index in [1.807, 2.05) is 24.3 Å². The van der Waals surface area contributed by atoms with Crippen molar-refractivity contribution in [1.82, 2.24) is 15.5 Å². The largest absolute Gasteiger partial charge is 0.497 e. The number of benzene rings is 1. The smallest absolute Gasteiger partial charge is 0.261 e. The zero-order chi connectivity index (χ0) is 20.5. The SMILES string of the molecule is CCN(CC)C(CNC(=O)c1ccc(CNC(C)=O)s1)c1cccc(OC)c1. The van der Waals surface area contributed by atoms with Crippen LogP contribution in [0.25, 0.3) is 0 Å². The molecule has 0 spiro atoms. The lowest BCUT2D eigenvalue weighted by molar-refractivity contribution is -0.119. The van der Waals surface area contributed by atoms with Crippen molar-refractivity contribution < 1.29 is 14.3 Å². The van der Waals surface area contributed by atoms with E-state index in [0.29, 0.717) is 18.0 Å². The molecule has 1 aromatic heterocycles. The van der Waals surface area contributed by atoms with Gasteiger partial charge in [0.15, 0.2) is 0 Å². The zero-order valence-electron chi connectivity index (χ0n) is 17.0. The Kier molecular flexibility index (Phi) is 8.47. The Labute approximate surface area is 170 Å². The summed E-state index contributed by atoms with van der Waals surface area (Å²) in [6.07, 6.45) is 0. The topological polar surface area (TPSA) is 70.7 Å². The molecule has 7 heteroatoms. The summed E-state index contributed by atoms with van der Waals surface area (Å²) in [5, 5.41) is 5.81. The predicted molar refractivity (Wildman–Crippen MR) is 113 cm³/mol. The highest BCUT2D eigenvalue weighted by Gasteiger charge is 2.20. The van der Waals surface area contributed by atoms with Crippen LogP contribution in [0.1, 0.15) is 46.9 Å². The molecule has 2 N–H and O–H groups in total. The number of likely N-dealkylation sites (N-methyl/N-ethyl adjacent to an activating group) is 1. The molecule has 1 unspecified atom stereocenters. The number of nitrogens with zero attached hydrogens (tertiary/aromatic N) is 1. The van der Waals surface area contributed by atoms with Gasteiger partial charge < -0.3 is 15.4 Å². The standard InChI is InChI=1S/C21H29N3O3S/c1-5-24(6-2)19(16-8-7-9-17(12-16)27-4)14-23-21(26)20-11-10-18(28-20)13-22-15(3)25/h7-12,19H,5-6,13-14H2,1-4H3,(H,22,25)(H,23,26). The zero-order valence-corrected chi connectivity index (χ0v) is 17.8. The molecule has 6 nitrogen and oxygen atoms in total. The Hall–Kier alpha value is -2.38. The Morgan fingerprint density at radius 3 is 2.54 bits per heavy atom. The fourth-order valence-corrected chi connectivity index (χ4v) is 3.92. The summed E-state index contributed by atoms with van der Waals surface area (Å²) in [6.45, 7) is 8.43. The van der Waals surface area contributed by atoms with Crippen molar-refractivity contribution in [1.29, 1.82) is 0 Å². The molecule has 1 heterocycles. The summed E-state index contributed by atoms with van der Waals surface area (Å²) < 4.78 is 5.36. The number of methoxy groups -OCH3 is 1. The van der Waals surface area contributed by atoms with Crippen molar-refractivity contribution in [2.45, 2.75) is 33.4 Å². The average Bonchev–Trinajstić information content (AvgIpc) is 3.18. The van der Waals surface area contributed by atoms with Gasteiger partial charge in [-0.15, -0.1) is 11.3 Å². The van der Waals surface area contributed by atoms with Gasteiger partial charge in [0, 0.05) is 18.3 Å². The summed E-state index contributed by atoms with van der Waals surface area (Å²) in [5.41, 5.74) is 1.11. The third-order valence-electron chi connectivity index (χ3n) is 4.58. The van der Waals surface area contributed by atoms with Crippen molar-refractivity contribution in [3.8, 4) is 5.75 Å². The van der Waals surface area contributed by atoms with Crippen molar-refractivity contribution in [2.75, 3.05) is 26.7 Å². The molecule has 0 saturated carbocycles. The molecule has 0 aliphatic carbocycles. The first-order valence-electron chi connectivity index (χ1n) is 9.47. The van der Waals surface area contributed by atoms with Gasteiger partial charge in [0.1, 0.15) is 5.75 Å². The maximum atomic E-state index is 12.6. The molecule has 0 radical (unpaired) electrons. The Morgan fingerprint density at radius 1 is 1.14 bits per heavy atom. The second-order valence-electron chi connectivity index (χ2n) is 6.40. The monoisotopic (exact) mass is 403 g/mol. The Morgan fingerprint density at radius 2 is 1.89 bits per heavy atom. The number of hydrogen-bond donors (Lipinski definition) is 2. The van der Waals surface area contributed by atoms with Crippen LogP contribution in [-0.2, 0) is 11.3 Å². The molecular weight excluding hydrogens is 374 g/mol. The van der Waals surface area contributed by atoms with Crippen molar-refractivity contribution in [3.63, 3.8) is 0 Å². The van der Waals surface area contributed by atoms with Crippen molar-refractivity contribution in [3.05, 3.63) is 51.7 Å². The fraction of sp³-hybridized carbons (Fsp3) is 0.429. The van der Waals surface area contributed by atoms with Crippen molar-refractivity contribution >= 4 is 23.2 Å². The van der Waals surface area contributed by atoms with Crippen molar-refractivity contribution in [2.24, 2.45) is 0 Å². The van der Waals surface area contributed by atoms with E-state index < -0.39 is 0 Å². The van der Waals surface area contributed by atoms with E-state index in [4.69, 9.17) is 4.74 Å². The lowest BCUT2D eigenvalue weighted by atomic mass is 10.0. The Bertz CT molecular complexity index is 787. The maximum Gasteiger partial charge on any atom is 0.261 e. The van der Waals surface area contributed by atoms with Gasteiger partial charge in [-0.25, -0.2) is 0 Å². The summed E-state index contributed by atoms with van der Waals surface area (Å²) in [5.74, 6) is 0.626. The van der Waals surface area contributed by atoms with Gasteiger partial charge in [-0.1, -0.05) is 26.0 Å². The van der Waals surface area contributed by atoms with E-state index in [2.05, 4.69) is 35.4 Å². The number of nitrogens with one attached hydrogen (secondary N) is 2. The predicted octanol–water partition coefficient (Wildman–Crippen LogP) is 3.21. The van der Waals surface area contributed by atoms with Crippen LogP contribution in [-0.4, -0.2) is 43.5 Å². The van der Waals surface area contributed by atoms with Gasteiger partial charge in [-0.3, -0.25) is 14.5 Å². The molecule has 0 aliphatic rings. The van der Waals surface area contributed by atoms with Gasteiger partial charge in [-0.2, -0.15) is 0 Å². The van der Waals surface area contributed by atoms with E-state index in [0.717, 1.165) is 29.3 Å². The quantitative estimate of drug-likeness (QED) is 0.639. The van der Waals surface area contributed by atoms with Gasteiger partial charge in [0.2, 0.25) is 5.91 Å². The summed E-state index contributed by atoms with van der Waals surface area (Å²) in [4.78, 5) is 27.6. The third-order valence-corrected chi connectivity index (χ3v) is 5.67. The molecule has 0 aliphatic heterocycles. The molecule has 2 amide bonds. The van der Waals surface area contributed by atoms with Gasteiger partial charge in [0.05, 0.1) is 24.6 Å². The summed E-state index contributed by atoms with van der Waals surface area (Å²) in [7, 11) is 1.66. The van der Waals surface area contributed by atoms with Gasteiger partial charge >= 0.3 is 0 Å². The van der Waals surface area contributed by atoms with Crippen LogP contribution in [0.15, 0.2) is 36.4 Å². The lowest BCUT2D eigenvalue weighted by Gasteiger charge is -2.30.